The molecule has 156 valence electrons. The lowest BCUT2D eigenvalue weighted by molar-refractivity contribution is -0.126. The number of likely N-dealkylation sites (N-methyl/N-ethyl adjacent to an activating group) is 1. The highest BCUT2D eigenvalue weighted by atomic mass is 32.2. The maximum absolute atomic E-state index is 13.0. The van der Waals surface area contributed by atoms with Crippen LogP contribution in [-0.4, -0.2) is 62.3 Å². The lowest BCUT2D eigenvalue weighted by Crippen LogP contribution is -2.54. The Bertz CT molecular complexity index is 750. The Morgan fingerprint density at radius 3 is 2.25 bits per heavy atom. The smallest absolute Gasteiger partial charge is 0.243 e. The zero-order chi connectivity index (χ0) is 20.1. The molecule has 1 saturated heterocycles. The minimum absolute atomic E-state index is 0.00268. The largest absolute Gasteiger partial charge is 0.355 e. The molecule has 0 radical (unpaired) electrons. The van der Waals surface area contributed by atoms with Crippen LogP contribution in [0.25, 0.3) is 0 Å². The normalized spacial score (nSPS) is 21.4. The highest BCUT2D eigenvalue weighted by Gasteiger charge is 2.31. The van der Waals surface area contributed by atoms with Gasteiger partial charge in [-0.05, 0) is 50.3 Å². The lowest BCUT2D eigenvalue weighted by Gasteiger charge is -2.36. The maximum Gasteiger partial charge on any atom is 0.243 e. The van der Waals surface area contributed by atoms with E-state index in [0.717, 1.165) is 0 Å². The molecule has 1 heterocycles. The number of hydrogen-bond donors (Lipinski definition) is 1. The summed E-state index contributed by atoms with van der Waals surface area (Å²) in [6.07, 6.45) is 6.26. The number of carbonyl (C=O) groups excluding carboxylic acids is 1. The standard InChI is InChI=1S/C21H33N3O3S/c1-3-22-21(25)17(2)23-13-15-24(16-14-23)28(26,27)20-11-9-19(10-12-20)18-7-5-4-6-8-18/h9-12,17-18H,3-8,13-16H2,1-2H3,(H,22,25)/t17-/m1/s1. The van der Waals surface area contributed by atoms with Crippen LogP contribution in [0.1, 0.15) is 57.4 Å². The van der Waals surface area contributed by atoms with Gasteiger partial charge in [-0.2, -0.15) is 4.31 Å². The Labute approximate surface area is 169 Å². The van der Waals surface area contributed by atoms with Crippen molar-refractivity contribution in [1.82, 2.24) is 14.5 Å². The number of carbonyl (C=O) groups is 1. The van der Waals surface area contributed by atoms with Crippen LogP contribution in [0.3, 0.4) is 0 Å². The van der Waals surface area contributed by atoms with Crippen LogP contribution in [0, 0.1) is 0 Å². The summed E-state index contributed by atoms with van der Waals surface area (Å²) in [5.74, 6) is 0.571. The third kappa shape index (κ3) is 4.75. The van der Waals surface area contributed by atoms with Crippen molar-refractivity contribution in [2.24, 2.45) is 0 Å². The quantitative estimate of drug-likeness (QED) is 0.787. The van der Waals surface area contributed by atoms with Gasteiger partial charge in [-0.1, -0.05) is 31.4 Å². The number of benzene rings is 1. The Morgan fingerprint density at radius 2 is 1.68 bits per heavy atom. The zero-order valence-electron chi connectivity index (χ0n) is 17.1. The number of amides is 1. The van der Waals surface area contributed by atoms with Crippen molar-refractivity contribution in [2.75, 3.05) is 32.7 Å². The van der Waals surface area contributed by atoms with Gasteiger partial charge in [0.05, 0.1) is 10.9 Å². The van der Waals surface area contributed by atoms with Crippen LogP contribution in [-0.2, 0) is 14.8 Å². The lowest BCUT2D eigenvalue weighted by atomic mass is 9.84. The van der Waals surface area contributed by atoms with E-state index >= 15 is 0 Å². The summed E-state index contributed by atoms with van der Waals surface area (Å²) in [6.45, 7) is 6.34. The molecule has 6 nitrogen and oxygen atoms in total. The minimum atomic E-state index is -3.48. The van der Waals surface area contributed by atoms with Crippen LogP contribution < -0.4 is 5.32 Å². The first-order valence-electron chi connectivity index (χ1n) is 10.6. The fourth-order valence-electron chi connectivity index (χ4n) is 4.32. The van der Waals surface area contributed by atoms with E-state index in [1.165, 1.54) is 37.7 Å². The van der Waals surface area contributed by atoms with Crippen molar-refractivity contribution in [3.63, 3.8) is 0 Å². The second-order valence-corrected chi connectivity index (χ2v) is 9.85. The summed E-state index contributed by atoms with van der Waals surface area (Å²) in [4.78, 5) is 14.4. The van der Waals surface area contributed by atoms with Crippen molar-refractivity contribution < 1.29 is 13.2 Å². The molecule has 0 unspecified atom stereocenters. The molecule has 1 atom stereocenters. The van der Waals surface area contributed by atoms with E-state index in [4.69, 9.17) is 0 Å². The van der Waals surface area contributed by atoms with Gasteiger partial charge in [-0.3, -0.25) is 9.69 Å². The van der Waals surface area contributed by atoms with Gasteiger partial charge in [0.25, 0.3) is 0 Å². The molecule has 1 amide bonds. The summed E-state index contributed by atoms with van der Waals surface area (Å²) < 4.78 is 27.6. The summed E-state index contributed by atoms with van der Waals surface area (Å²) in [7, 11) is -3.48. The van der Waals surface area contributed by atoms with Gasteiger partial charge in [0, 0.05) is 32.7 Å². The highest BCUT2D eigenvalue weighted by Crippen LogP contribution is 2.33. The van der Waals surface area contributed by atoms with Crippen LogP contribution >= 0.6 is 0 Å². The van der Waals surface area contributed by atoms with E-state index in [1.54, 1.807) is 16.4 Å². The van der Waals surface area contributed by atoms with E-state index in [0.29, 0.717) is 43.5 Å². The number of piperazine rings is 1. The van der Waals surface area contributed by atoms with E-state index in [1.807, 2.05) is 30.9 Å². The van der Waals surface area contributed by atoms with E-state index in [9.17, 15) is 13.2 Å². The molecule has 3 rings (SSSR count). The molecule has 1 N–H and O–H groups in total. The topological polar surface area (TPSA) is 69.7 Å². The van der Waals surface area contributed by atoms with Gasteiger partial charge in [-0.25, -0.2) is 8.42 Å². The van der Waals surface area contributed by atoms with Crippen LogP contribution in [0.2, 0.25) is 0 Å². The monoisotopic (exact) mass is 407 g/mol. The van der Waals surface area contributed by atoms with Gasteiger partial charge >= 0.3 is 0 Å². The second-order valence-electron chi connectivity index (χ2n) is 7.91. The fraction of sp³-hybridized carbons (Fsp3) is 0.667. The van der Waals surface area contributed by atoms with Crippen LogP contribution in [0.5, 0.6) is 0 Å². The number of nitrogens with one attached hydrogen (secondary N) is 1. The summed E-state index contributed by atoms with van der Waals surface area (Å²) >= 11 is 0. The number of nitrogens with zero attached hydrogens (tertiary/aromatic N) is 2. The van der Waals surface area contributed by atoms with Gasteiger partial charge in [0.1, 0.15) is 0 Å². The number of hydrogen-bond acceptors (Lipinski definition) is 4. The third-order valence-corrected chi connectivity index (χ3v) is 8.06. The molecule has 1 aliphatic carbocycles. The molecule has 1 aliphatic heterocycles. The first-order valence-corrected chi connectivity index (χ1v) is 12.0. The third-order valence-electron chi connectivity index (χ3n) is 6.15. The Balaban J connectivity index is 1.61. The molecular formula is C21H33N3O3S. The average molecular weight is 408 g/mol. The summed E-state index contributed by atoms with van der Waals surface area (Å²) in [6, 6.07) is 7.29. The van der Waals surface area contributed by atoms with Crippen molar-refractivity contribution in [1.29, 1.82) is 0 Å². The Hall–Kier alpha value is -1.44. The molecular weight excluding hydrogens is 374 g/mol. The van der Waals surface area contributed by atoms with Crippen molar-refractivity contribution >= 4 is 15.9 Å². The number of rotatable bonds is 6. The zero-order valence-corrected chi connectivity index (χ0v) is 17.9. The van der Waals surface area contributed by atoms with Gasteiger partial charge in [0.2, 0.25) is 15.9 Å². The highest BCUT2D eigenvalue weighted by molar-refractivity contribution is 7.89. The summed E-state index contributed by atoms with van der Waals surface area (Å²) in [5.41, 5.74) is 1.26. The molecule has 1 saturated carbocycles. The molecule has 1 aromatic carbocycles. The first kappa shape index (κ1) is 21.3. The average Bonchev–Trinajstić information content (AvgIpc) is 2.74. The summed E-state index contributed by atoms with van der Waals surface area (Å²) in [5, 5.41) is 2.83. The molecule has 1 aromatic rings. The fourth-order valence-corrected chi connectivity index (χ4v) is 5.74. The molecule has 7 heteroatoms. The maximum atomic E-state index is 13.0. The molecule has 2 fully saturated rings. The first-order chi connectivity index (χ1) is 13.4. The predicted octanol–water partition coefficient (Wildman–Crippen LogP) is 2.57. The van der Waals surface area contributed by atoms with E-state index in [-0.39, 0.29) is 11.9 Å². The molecule has 0 spiro atoms. The van der Waals surface area contributed by atoms with Crippen LogP contribution in [0.4, 0.5) is 0 Å². The van der Waals surface area contributed by atoms with Crippen molar-refractivity contribution in [3.05, 3.63) is 29.8 Å². The van der Waals surface area contributed by atoms with Crippen molar-refractivity contribution in [2.45, 2.75) is 62.8 Å². The predicted molar refractivity (Wildman–Crippen MR) is 111 cm³/mol. The van der Waals surface area contributed by atoms with Gasteiger partial charge in [-0.15, -0.1) is 0 Å². The number of sulfonamides is 1. The molecule has 0 bridgehead atoms. The van der Waals surface area contributed by atoms with Crippen molar-refractivity contribution in [3.8, 4) is 0 Å². The second kappa shape index (κ2) is 9.37. The Morgan fingerprint density at radius 1 is 1.07 bits per heavy atom. The van der Waals surface area contributed by atoms with E-state index in [2.05, 4.69) is 5.32 Å². The molecule has 0 aromatic heterocycles. The minimum Gasteiger partial charge on any atom is -0.355 e. The van der Waals surface area contributed by atoms with Gasteiger partial charge in [0.15, 0.2) is 0 Å². The van der Waals surface area contributed by atoms with E-state index < -0.39 is 10.0 Å². The molecule has 2 aliphatic rings. The van der Waals surface area contributed by atoms with Crippen LogP contribution in [0.15, 0.2) is 29.2 Å². The SMILES string of the molecule is CCNC(=O)[C@@H](C)N1CCN(S(=O)(=O)c2ccc(C3CCCCC3)cc2)CC1. The Kier molecular flexibility index (Phi) is 7.12. The van der Waals surface area contributed by atoms with Gasteiger partial charge < -0.3 is 5.32 Å². The molecule has 28 heavy (non-hydrogen) atoms.